The normalized spacial score (nSPS) is 12.0. The minimum absolute atomic E-state index is 0.0159. The van der Waals surface area contributed by atoms with Gasteiger partial charge in [-0.15, -0.1) is 0 Å². The fourth-order valence-corrected chi connectivity index (χ4v) is 1.59. The molecule has 1 atom stereocenters. The first-order valence-corrected chi connectivity index (χ1v) is 6.20. The van der Waals surface area contributed by atoms with Gasteiger partial charge in [-0.25, -0.2) is 0 Å². The number of hydrogen-bond donors (Lipinski definition) is 2. The van der Waals surface area contributed by atoms with E-state index in [0.29, 0.717) is 12.3 Å². The molecule has 0 saturated carbocycles. The summed E-state index contributed by atoms with van der Waals surface area (Å²) in [5.41, 5.74) is 7.12. The van der Waals surface area contributed by atoms with E-state index in [2.05, 4.69) is 10.3 Å². The zero-order chi connectivity index (χ0) is 14.3. The molecule has 19 heavy (non-hydrogen) atoms. The maximum Gasteiger partial charge on any atom is 0.272 e. The SMILES string of the molecule is COCC(N)CCNc1ccnc(C(=O)N(C)C)c1. The van der Waals surface area contributed by atoms with Gasteiger partial charge in [0.15, 0.2) is 0 Å². The van der Waals surface area contributed by atoms with Crippen LogP contribution in [0, 0.1) is 0 Å². The molecular formula is C13H22N4O2. The van der Waals surface area contributed by atoms with Gasteiger partial charge in [0.2, 0.25) is 0 Å². The molecule has 0 aliphatic heterocycles. The molecule has 1 aromatic heterocycles. The molecule has 1 unspecified atom stereocenters. The lowest BCUT2D eigenvalue weighted by molar-refractivity contribution is 0.0822. The van der Waals surface area contributed by atoms with E-state index >= 15 is 0 Å². The average Bonchev–Trinajstić information content (AvgIpc) is 2.38. The van der Waals surface area contributed by atoms with Gasteiger partial charge in [0.05, 0.1) is 6.61 Å². The van der Waals surface area contributed by atoms with Crippen LogP contribution in [0.1, 0.15) is 16.9 Å². The second-order valence-corrected chi connectivity index (χ2v) is 4.56. The first-order chi connectivity index (χ1) is 9.04. The van der Waals surface area contributed by atoms with Gasteiger partial charge in [-0.05, 0) is 18.6 Å². The van der Waals surface area contributed by atoms with Crippen LogP contribution in [0.3, 0.4) is 0 Å². The van der Waals surface area contributed by atoms with Crippen LogP contribution in [0.4, 0.5) is 5.69 Å². The number of rotatable bonds is 7. The fourth-order valence-electron chi connectivity index (χ4n) is 1.59. The molecule has 6 heteroatoms. The summed E-state index contributed by atoms with van der Waals surface area (Å²) in [5.74, 6) is -0.111. The Morgan fingerprint density at radius 1 is 1.58 bits per heavy atom. The van der Waals surface area contributed by atoms with Crippen LogP contribution < -0.4 is 11.1 Å². The Labute approximate surface area is 113 Å². The summed E-state index contributed by atoms with van der Waals surface area (Å²) in [6, 6.07) is 3.58. The van der Waals surface area contributed by atoms with Crippen LogP contribution in [0.15, 0.2) is 18.3 Å². The molecule has 1 heterocycles. The molecule has 106 valence electrons. The molecule has 0 aromatic carbocycles. The van der Waals surface area contributed by atoms with E-state index < -0.39 is 0 Å². The van der Waals surface area contributed by atoms with Gasteiger partial charge in [0.25, 0.3) is 5.91 Å². The van der Waals surface area contributed by atoms with E-state index in [9.17, 15) is 4.79 Å². The Morgan fingerprint density at radius 3 is 2.95 bits per heavy atom. The van der Waals surface area contributed by atoms with Gasteiger partial charge in [0, 0.05) is 45.7 Å². The molecule has 0 bridgehead atoms. The lowest BCUT2D eigenvalue weighted by Gasteiger charge is -2.13. The molecule has 0 fully saturated rings. The minimum atomic E-state index is -0.111. The Hall–Kier alpha value is -1.66. The van der Waals surface area contributed by atoms with Crippen molar-refractivity contribution in [2.24, 2.45) is 5.73 Å². The molecule has 0 spiro atoms. The highest BCUT2D eigenvalue weighted by molar-refractivity contribution is 5.92. The number of hydrogen-bond acceptors (Lipinski definition) is 5. The molecule has 0 aliphatic rings. The lowest BCUT2D eigenvalue weighted by Crippen LogP contribution is -2.28. The van der Waals surface area contributed by atoms with E-state index in [1.54, 1.807) is 33.5 Å². The average molecular weight is 266 g/mol. The zero-order valence-electron chi connectivity index (χ0n) is 11.7. The quantitative estimate of drug-likeness (QED) is 0.753. The van der Waals surface area contributed by atoms with Gasteiger partial charge < -0.3 is 20.7 Å². The van der Waals surface area contributed by atoms with Crippen molar-refractivity contribution in [3.8, 4) is 0 Å². The lowest BCUT2D eigenvalue weighted by atomic mass is 10.2. The van der Waals surface area contributed by atoms with Crippen LogP contribution in [-0.4, -0.2) is 56.2 Å². The van der Waals surface area contributed by atoms with E-state index in [-0.39, 0.29) is 11.9 Å². The van der Waals surface area contributed by atoms with E-state index in [1.165, 1.54) is 4.90 Å². The van der Waals surface area contributed by atoms with E-state index in [0.717, 1.165) is 18.7 Å². The molecule has 3 N–H and O–H groups in total. The number of nitrogens with two attached hydrogens (primary N) is 1. The van der Waals surface area contributed by atoms with Crippen molar-refractivity contribution in [2.45, 2.75) is 12.5 Å². The van der Waals surface area contributed by atoms with Gasteiger partial charge in [-0.3, -0.25) is 9.78 Å². The van der Waals surface area contributed by atoms with Gasteiger partial charge in [-0.1, -0.05) is 0 Å². The Kier molecular flexibility index (Phi) is 6.24. The van der Waals surface area contributed by atoms with Crippen LogP contribution in [0.25, 0.3) is 0 Å². The van der Waals surface area contributed by atoms with Crippen molar-refractivity contribution in [3.05, 3.63) is 24.0 Å². The molecule has 0 radical (unpaired) electrons. The molecular weight excluding hydrogens is 244 g/mol. The summed E-state index contributed by atoms with van der Waals surface area (Å²) in [6.07, 6.45) is 2.42. The molecule has 0 aliphatic carbocycles. The second kappa shape index (κ2) is 7.70. The van der Waals surface area contributed by atoms with Crippen molar-refractivity contribution in [2.75, 3.05) is 39.7 Å². The number of methoxy groups -OCH3 is 1. The van der Waals surface area contributed by atoms with Crippen LogP contribution in [0.5, 0.6) is 0 Å². The highest BCUT2D eigenvalue weighted by Gasteiger charge is 2.09. The van der Waals surface area contributed by atoms with Crippen molar-refractivity contribution >= 4 is 11.6 Å². The number of aromatic nitrogens is 1. The third-order valence-corrected chi connectivity index (χ3v) is 2.61. The van der Waals surface area contributed by atoms with Crippen molar-refractivity contribution in [3.63, 3.8) is 0 Å². The Morgan fingerprint density at radius 2 is 2.32 bits per heavy atom. The summed E-state index contributed by atoms with van der Waals surface area (Å²) in [5, 5.41) is 3.22. The molecule has 1 aromatic rings. The largest absolute Gasteiger partial charge is 0.385 e. The molecule has 6 nitrogen and oxygen atoms in total. The third kappa shape index (κ3) is 5.23. The van der Waals surface area contributed by atoms with Crippen LogP contribution in [0.2, 0.25) is 0 Å². The molecule has 0 saturated heterocycles. The number of carbonyl (C=O) groups excluding carboxylic acids is 1. The van der Waals surface area contributed by atoms with Gasteiger partial charge in [0.1, 0.15) is 5.69 Å². The number of nitrogens with one attached hydrogen (secondary N) is 1. The monoisotopic (exact) mass is 266 g/mol. The first kappa shape index (κ1) is 15.4. The smallest absolute Gasteiger partial charge is 0.272 e. The first-order valence-electron chi connectivity index (χ1n) is 6.20. The number of anilines is 1. The summed E-state index contributed by atoms with van der Waals surface area (Å²) in [6.45, 7) is 1.27. The minimum Gasteiger partial charge on any atom is -0.385 e. The third-order valence-electron chi connectivity index (χ3n) is 2.61. The number of carbonyl (C=O) groups is 1. The molecule has 1 rings (SSSR count). The van der Waals surface area contributed by atoms with E-state index in [4.69, 9.17) is 10.5 Å². The Bertz CT molecular complexity index is 409. The van der Waals surface area contributed by atoms with Gasteiger partial charge in [-0.2, -0.15) is 0 Å². The van der Waals surface area contributed by atoms with Crippen molar-refractivity contribution < 1.29 is 9.53 Å². The number of amides is 1. The summed E-state index contributed by atoms with van der Waals surface area (Å²) < 4.78 is 4.97. The highest BCUT2D eigenvalue weighted by Crippen LogP contribution is 2.09. The second-order valence-electron chi connectivity index (χ2n) is 4.56. The zero-order valence-corrected chi connectivity index (χ0v) is 11.7. The summed E-state index contributed by atoms with van der Waals surface area (Å²) in [4.78, 5) is 17.3. The predicted molar refractivity (Wildman–Crippen MR) is 75.2 cm³/mol. The standard InChI is InChI=1S/C13H22N4O2/c1-17(2)13(18)12-8-11(5-7-16-12)15-6-4-10(14)9-19-3/h5,7-8,10H,4,6,9,14H2,1-3H3,(H,15,16). The number of ether oxygens (including phenoxy) is 1. The maximum absolute atomic E-state index is 11.8. The topological polar surface area (TPSA) is 80.5 Å². The van der Waals surface area contributed by atoms with Crippen LogP contribution in [-0.2, 0) is 4.74 Å². The summed E-state index contributed by atoms with van der Waals surface area (Å²) >= 11 is 0. The van der Waals surface area contributed by atoms with Crippen molar-refractivity contribution in [1.82, 2.24) is 9.88 Å². The summed E-state index contributed by atoms with van der Waals surface area (Å²) in [7, 11) is 5.04. The molecule has 1 amide bonds. The van der Waals surface area contributed by atoms with Gasteiger partial charge >= 0.3 is 0 Å². The predicted octanol–water partition coefficient (Wildman–Crippen LogP) is 0.559. The highest BCUT2D eigenvalue weighted by atomic mass is 16.5. The Balaban J connectivity index is 2.51. The maximum atomic E-state index is 11.8. The number of pyridine rings is 1. The fraction of sp³-hybridized carbons (Fsp3) is 0.538. The number of nitrogens with zero attached hydrogens (tertiary/aromatic N) is 2. The van der Waals surface area contributed by atoms with Crippen LogP contribution >= 0.6 is 0 Å². The van der Waals surface area contributed by atoms with E-state index in [1.807, 2.05) is 6.07 Å². The van der Waals surface area contributed by atoms with Crippen molar-refractivity contribution in [1.29, 1.82) is 0 Å².